The number of amides is 1. The van der Waals surface area contributed by atoms with Crippen molar-refractivity contribution in [1.82, 2.24) is 25.5 Å². The van der Waals surface area contributed by atoms with Crippen LogP contribution in [-0.4, -0.2) is 56.7 Å². The van der Waals surface area contributed by atoms with Gasteiger partial charge in [0.1, 0.15) is 11.5 Å². The molecule has 4 N–H and O–H groups in total. The first kappa shape index (κ1) is 17.5. The maximum atomic E-state index is 14.9. The zero-order valence-corrected chi connectivity index (χ0v) is 14.8. The summed E-state index contributed by atoms with van der Waals surface area (Å²) in [6.45, 7) is 0.426. The number of piperidine rings is 1. The fourth-order valence-corrected chi connectivity index (χ4v) is 3.34. The molecule has 1 saturated heterocycles. The molecular formula is C17H22FN7O2. The van der Waals surface area contributed by atoms with E-state index in [4.69, 9.17) is 5.11 Å². The predicted molar refractivity (Wildman–Crippen MR) is 97.2 cm³/mol. The van der Waals surface area contributed by atoms with Crippen LogP contribution in [0.1, 0.15) is 37.3 Å². The Kier molecular flexibility index (Phi) is 4.54. The van der Waals surface area contributed by atoms with E-state index in [0.717, 1.165) is 5.69 Å². The second kappa shape index (κ2) is 7.01. The molecule has 0 unspecified atom stereocenters. The van der Waals surface area contributed by atoms with Gasteiger partial charge in [-0.3, -0.25) is 5.10 Å². The molecule has 1 aliphatic carbocycles. The van der Waals surface area contributed by atoms with Crippen LogP contribution < -0.4 is 15.5 Å². The van der Waals surface area contributed by atoms with E-state index in [9.17, 15) is 9.18 Å². The zero-order valence-electron chi connectivity index (χ0n) is 14.8. The molecule has 2 aliphatic rings. The summed E-state index contributed by atoms with van der Waals surface area (Å²) in [6.07, 6.45) is 3.67. The highest BCUT2D eigenvalue weighted by Crippen LogP contribution is 2.39. The first-order valence-electron chi connectivity index (χ1n) is 9.07. The molecule has 10 heteroatoms. The molecule has 27 heavy (non-hydrogen) atoms. The van der Waals surface area contributed by atoms with Crippen LogP contribution in [0.4, 0.5) is 26.8 Å². The average molecular weight is 375 g/mol. The second-order valence-corrected chi connectivity index (χ2v) is 7.18. The van der Waals surface area contributed by atoms with Gasteiger partial charge < -0.3 is 20.6 Å². The van der Waals surface area contributed by atoms with E-state index in [1.165, 1.54) is 12.8 Å². The molecule has 0 aromatic carbocycles. The molecule has 9 nitrogen and oxygen atoms in total. The number of carbonyl (C=O) groups is 1. The van der Waals surface area contributed by atoms with E-state index < -0.39 is 11.8 Å². The van der Waals surface area contributed by atoms with Gasteiger partial charge in [-0.2, -0.15) is 10.1 Å². The fourth-order valence-electron chi connectivity index (χ4n) is 3.34. The molecule has 1 atom stereocenters. The number of halogens is 1. The van der Waals surface area contributed by atoms with E-state index >= 15 is 0 Å². The molecule has 0 spiro atoms. The summed E-state index contributed by atoms with van der Waals surface area (Å²) in [4.78, 5) is 21.1. The van der Waals surface area contributed by atoms with Crippen molar-refractivity contribution in [2.45, 2.75) is 37.3 Å². The van der Waals surface area contributed by atoms with Gasteiger partial charge in [0.15, 0.2) is 5.82 Å². The Morgan fingerprint density at radius 2 is 2.30 bits per heavy atom. The van der Waals surface area contributed by atoms with E-state index in [2.05, 4.69) is 30.8 Å². The lowest BCUT2D eigenvalue weighted by Crippen LogP contribution is -2.52. The van der Waals surface area contributed by atoms with Crippen molar-refractivity contribution in [2.24, 2.45) is 0 Å². The second-order valence-electron chi connectivity index (χ2n) is 7.18. The SMILES string of the molecule is O=C(O)NC[C@]1(F)CCCN(c2nccc(Nc3cc(C4CC4)[nH]n3)n2)C1. The zero-order chi connectivity index (χ0) is 18.9. The quantitative estimate of drug-likeness (QED) is 0.612. The molecule has 4 rings (SSSR count). The van der Waals surface area contributed by atoms with Crippen molar-refractivity contribution in [3.05, 3.63) is 24.0 Å². The van der Waals surface area contributed by atoms with E-state index in [-0.39, 0.29) is 13.1 Å². The maximum absolute atomic E-state index is 14.9. The molecule has 1 aliphatic heterocycles. The Balaban J connectivity index is 1.43. The van der Waals surface area contributed by atoms with Crippen LogP contribution in [0.3, 0.4) is 0 Å². The summed E-state index contributed by atoms with van der Waals surface area (Å²) in [5.41, 5.74) is -0.513. The van der Waals surface area contributed by atoms with Crippen molar-refractivity contribution >= 4 is 23.7 Å². The van der Waals surface area contributed by atoms with Crippen LogP contribution >= 0.6 is 0 Å². The van der Waals surface area contributed by atoms with Crippen molar-refractivity contribution in [3.8, 4) is 0 Å². The summed E-state index contributed by atoms with van der Waals surface area (Å²) in [7, 11) is 0. The van der Waals surface area contributed by atoms with E-state index in [1.807, 2.05) is 6.07 Å². The first-order valence-corrected chi connectivity index (χ1v) is 9.07. The monoisotopic (exact) mass is 375 g/mol. The van der Waals surface area contributed by atoms with Crippen molar-refractivity contribution < 1.29 is 14.3 Å². The van der Waals surface area contributed by atoms with Crippen LogP contribution in [-0.2, 0) is 0 Å². The topological polar surface area (TPSA) is 119 Å². The highest BCUT2D eigenvalue weighted by Gasteiger charge is 2.37. The number of hydrogen-bond donors (Lipinski definition) is 4. The van der Waals surface area contributed by atoms with Gasteiger partial charge in [0.25, 0.3) is 0 Å². The minimum absolute atomic E-state index is 0.0466. The summed E-state index contributed by atoms with van der Waals surface area (Å²) >= 11 is 0. The molecule has 2 fully saturated rings. The minimum atomic E-state index is -1.63. The summed E-state index contributed by atoms with van der Waals surface area (Å²) in [5.74, 6) is 2.26. The molecule has 0 bridgehead atoms. The summed E-state index contributed by atoms with van der Waals surface area (Å²) < 4.78 is 14.9. The molecular weight excluding hydrogens is 353 g/mol. The Hall–Kier alpha value is -2.91. The number of aromatic nitrogens is 4. The van der Waals surface area contributed by atoms with Crippen LogP contribution in [0.25, 0.3) is 0 Å². The van der Waals surface area contributed by atoms with Crippen molar-refractivity contribution in [1.29, 1.82) is 0 Å². The number of alkyl halides is 1. The average Bonchev–Trinajstić information content (AvgIpc) is 3.40. The predicted octanol–water partition coefficient (Wildman–Crippen LogP) is 2.40. The number of aromatic amines is 1. The van der Waals surface area contributed by atoms with Gasteiger partial charge in [-0.15, -0.1) is 0 Å². The van der Waals surface area contributed by atoms with E-state index in [1.54, 1.807) is 17.2 Å². The van der Waals surface area contributed by atoms with Crippen LogP contribution in [0.15, 0.2) is 18.3 Å². The molecule has 144 valence electrons. The standard InChI is InChI=1S/C17H22FN7O2/c18-17(9-20-16(26)27)5-1-7-25(10-17)15-19-6-4-13(22-15)21-14-8-12(23-24-14)11-2-3-11/h4,6,8,11,20H,1-3,5,7,9-10H2,(H,26,27)(H2,19,21,22,23,24)/t17-/m1/s1. The first-order chi connectivity index (χ1) is 13.0. The fraction of sp³-hybridized carbons (Fsp3) is 0.529. The molecule has 2 aromatic heterocycles. The highest BCUT2D eigenvalue weighted by atomic mass is 19.1. The minimum Gasteiger partial charge on any atom is -0.465 e. The van der Waals surface area contributed by atoms with Crippen LogP contribution in [0.5, 0.6) is 0 Å². The Bertz CT molecular complexity index is 825. The third kappa shape index (κ3) is 4.26. The van der Waals surface area contributed by atoms with E-state index in [0.29, 0.717) is 42.9 Å². The largest absolute Gasteiger partial charge is 0.465 e. The highest BCUT2D eigenvalue weighted by molar-refractivity contribution is 5.64. The Morgan fingerprint density at radius 3 is 3.07 bits per heavy atom. The van der Waals surface area contributed by atoms with Gasteiger partial charge in [-0.05, 0) is 31.7 Å². The van der Waals surface area contributed by atoms with Gasteiger partial charge in [0.05, 0.1) is 13.1 Å². The third-order valence-electron chi connectivity index (χ3n) is 4.88. The molecule has 1 saturated carbocycles. The lowest BCUT2D eigenvalue weighted by atomic mass is 9.95. The number of nitrogens with zero attached hydrogens (tertiary/aromatic N) is 4. The van der Waals surface area contributed by atoms with Gasteiger partial charge in [0.2, 0.25) is 5.95 Å². The summed E-state index contributed by atoms with van der Waals surface area (Å²) in [5, 5.41) is 21.3. The van der Waals surface area contributed by atoms with Crippen molar-refractivity contribution in [3.63, 3.8) is 0 Å². The number of carboxylic acid groups (broad SMARTS) is 1. The number of H-pyrrole nitrogens is 1. The van der Waals surface area contributed by atoms with Crippen LogP contribution in [0.2, 0.25) is 0 Å². The van der Waals surface area contributed by atoms with Crippen LogP contribution in [0, 0.1) is 0 Å². The Labute approximate surface area is 155 Å². The van der Waals surface area contributed by atoms with Crippen molar-refractivity contribution in [2.75, 3.05) is 29.9 Å². The third-order valence-corrected chi connectivity index (χ3v) is 4.88. The molecule has 2 aromatic rings. The normalized spacial score (nSPS) is 22.5. The smallest absolute Gasteiger partial charge is 0.404 e. The summed E-state index contributed by atoms with van der Waals surface area (Å²) in [6, 6.07) is 3.71. The number of nitrogens with one attached hydrogen (secondary N) is 3. The van der Waals surface area contributed by atoms with Gasteiger partial charge in [0, 0.05) is 30.4 Å². The number of hydrogen-bond acceptors (Lipinski definition) is 6. The lowest BCUT2D eigenvalue weighted by molar-refractivity contribution is 0.126. The lowest BCUT2D eigenvalue weighted by Gasteiger charge is -2.37. The van der Waals surface area contributed by atoms with Gasteiger partial charge in [-0.1, -0.05) is 0 Å². The van der Waals surface area contributed by atoms with Gasteiger partial charge >= 0.3 is 6.09 Å². The van der Waals surface area contributed by atoms with Gasteiger partial charge in [-0.25, -0.2) is 14.2 Å². The molecule has 1 amide bonds. The molecule has 3 heterocycles. The number of rotatable bonds is 6. The maximum Gasteiger partial charge on any atom is 0.404 e. The molecule has 0 radical (unpaired) electrons. The number of anilines is 3. The Morgan fingerprint density at radius 1 is 1.44 bits per heavy atom.